The average molecular weight is 468 g/mol. The van der Waals surface area contributed by atoms with E-state index in [0.717, 1.165) is 26.3 Å². The van der Waals surface area contributed by atoms with Gasteiger partial charge in [0.2, 0.25) is 0 Å². The Balaban J connectivity index is 1.68. The number of benzene rings is 3. The van der Waals surface area contributed by atoms with Crippen molar-refractivity contribution in [3.8, 4) is 16.3 Å². The second kappa shape index (κ2) is 8.58. The molecular weight excluding hydrogens is 442 g/mol. The van der Waals surface area contributed by atoms with Crippen LogP contribution >= 0.6 is 11.3 Å². The monoisotopic (exact) mass is 467 g/mol. The van der Waals surface area contributed by atoms with E-state index in [0.29, 0.717) is 22.3 Å². The summed E-state index contributed by atoms with van der Waals surface area (Å²) in [6, 6.07) is 21.9. The molecule has 0 aliphatic heterocycles. The maximum absolute atomic E-state index is 12.4. The first kappa shape index (κ1) is 22.1. The molecule has 0 aliphatic carbocycles. The maximum Gasteiger partial charge on any atom is 0.336 e. The lowest BCUT2D eigenvalue weighted by molar-refractivity contribution is 0.0698. The number of rotatable bonds is 5. The number of ether oxygens (including phenoxy) is 1. The van der Waals surface area contributed by atoms with Gasteiger partial charge in [-0.05, 0) is 68.0 Å². The lowest BCUT2D eigenvalue weighted by Crippen LogP contribution is -2.07. The van der Waals surface area contributed by atoms with Gasteiger partial charge in [-0.1, -0.05) is 54.1 Å². The van der Waals surface area contributed by atoms with E-state index in [2.05, 4.69) is 19.1 Å². The summed E-state index contributed by atoms with van der Waals surface area (Å²) >= 11 is 1.64. The smallest absolute Gasteiger partial charge is 0.336 e. The van der Waals surface area contributed by atoms with Gasteiger partial charge < -0.3 is 9.84 Å². The third-order valence-corrected chi connectivity index (χ3v) is 7.58. The van der Waals surface area contributed by atoms with Gasteiger partial charge in [-0.3, -0.25) is 0 Å². The van der Waals surface area contributed by atoms with Crippen LogP contribution in [-0.2, 0) is 0 Å². The van der Waals surface area contributed by atoms with Crippen LogP contribution in [-0.4, -0.2) is 16.1 Å². The molecular formula is C29H25NO3S. The van der Waals surface area contributed by atoms with Crippen molar-refractivity contribution in [2.24, 2.45) is 0 Å². The number of aryl methyl sites for hydroxylation is 3. The number of nitrogens with zero attached hydrogens (tertiary/aromatic N) is 1. The Morgan fingerprint density at radius 3 is 2.44 bits per heavy atom. The number of hydrogen-bond acceptors (Lipinski definition) is 4. The minimum atomic E-state index is -0.995. The van der Waals surface area contributed by atoms with Gasteiger partial charge in [0.15, 0.2) is 0 Å². The SMILES string of the molecule is Cc1ccc([C@H](C)Oc2ccc(C)c3nc(-c4sc5ccccc5c4C)cc(C(=O)O)c23)cc1. The number of carboxylic acid groups (broad SMARTS) is 1. The standard InChI is InChI=1S/C29H25NO3S/c1-16-9-12-20(13-10-16)19(4)33-24-14-11-17(2)27-26(24)22(29(31)32)15-23(30-27)28-18(3)21-7-5-6-8-25(21)34-28/h5-15,19H,1-4H3,(H,31,32)/t19-/m0/s1. The van der Waals surface area contributed by atoms with Crippen LogP contribution in [0, 0.1) is 20.8 Å². The van der Waals surface area contributed by atoms with Crippen molar-refractivity contribution < 1.29 is 14.6 Å². The second-order valence-electron chi connectivity index (χ2n) is 8.69. The van der Waals surface area contributed by atoms with Crippen LogP contribution in [0.3, 0.4) is 0 Å². The summed E-state index contributed by atoms with van der Waals surface area (Å²) in [5.41, 5.74) is 5.76. The van der Waals surface area contributed by atoms with Crippen LogP contribution in [0.15, 0.2) is 66.7 Å². The molecule has 0 aliphatic rings. The molecule has 0 fully saturated rings. The summed E-state index contributed by atoms with van der Waals surface area (Å²) < 4.78 is 7.48. The quantitative estimate of drug-likeness (QED) is 0.286. The van der Waals surface area contributed by atoms with Gasteiger partial charge in [0, 0.05) is 4.70 Å². The Morgan fingerprint density at radius 1 is 1.00 bits per heavy atom. The van der Waals surface area contributed by atoms with E-state index in [4.69, 9.17) is 9.72 Å². The number of pyridine rings is 1. The fraction of sp³-hybridized carbons (Fsp3) is 0.172. The number of aromatic carboxylic acids is 1. The Bertz CT molecular complexity index is 1550. The van der Waals surface area contributed by atoms with Crippen LogP contribution in [0.1, 0.15) is 45.6 Å². The van der Waals surface area contributed by atoms with Crippen LogP contribution in [0.4, 0.5) is 0 Å². The fourth-order valence-electron chi connectivity index (χ4n) is 4.34. The maximum atomic E-state index is 12.4. The molecule has 1 atom stereocenters. The zero-order valence-corrected chi connectivity index (χ0v) is 20.4. The first-order valence-electron chi connectivity index (χ1n) is 11.2. The van der Waals surface area contributed by atoms with Crippen LogP contribution in [0.5, 0.6) is 5.75 Å². The number of thiophene rings is 1. The Kier molecular flexibility index (Phi) is 5.58. The van der Waals surface area contributed by atoms with Gasteiger partial charge in [0.05, 0.1) is 27.0 Å². The minimum Gasteiger partial charge on any atom is -0.485 e. The van der Waals surface area contributed by atoms with Crippen molar-refractivity contribution in [2.75, 3.05) is 0 Å². The van der Waals surface area contributed by atoms with Gasteiger partial charge >= 0.3 is 5.97 Å². The van der Waals surface area contributed by atoms with Gasteiger partial charge in [-0.15, -0.1) is 11.3 Å². The highest BCUT2D eigenvalue weighted by atomic mass is 32.1. The summed E-state index contributed by atoms with van der Waals surface area (Å²) in [5, 5.41) is 11.9. The normalized spacial score (nSPS) is 12.2. The molecule has 4 nitrogen and oxygen atoms in total. The summed E-state index contributed by atoms with van der Waals surface area (Å²) in [4.78, 5) is 18.4. The van der Waals surface area contributed by atoms with E-state index in [9.17, 15) is 9.90 Å². The zero-order valence-electron chi connectivity index (χ0n) is 19.5. The topological polar surface area (TPSA) is 59.4 Å². The van der Waals surface area contributed by atoms with E-state index >= 15 is 0 Å². The molecule has 3 aromatic carbocycles. The molecule has 2 heterocycles. The van der Waals surface area contributed by atoms with E-state index in [1.54, 1.807) is 17.4 Å². The van der Waals surface area contributed by atoms with Gasteiger partial charge in [0.25, 0.3) is 0 Å². The van der Waals surface area contributed by atoms with Crippen LogP contribution in [0.25, 0.3) is 31.6 Å². The molecule has 0 saturated carbocycles. The van der Waals surface area contributed by atoms with Crippen molar-refractivity contribution in [3.05, 3.63) is 94.5 Å². The summed E-state index contributed by atoms with van der Waals surface area (Å²) in [6.07, 6.45) is -0.238. The highest BCUT2D eigenvalue weighted by Gasteiger charge is 2.21. The molecule has 5 rings (SSSR count). The predicted molar refractivity (Wildman–Crippen MR) is 139 cm³/mol. The molecule has 0 bridgehead atoms. The lowest BCUT2D eigenvalue weighted by Gasteiger charge is -2.19. The minimum absolute atomic E-state index is 0.201. The van der Waals surface area contributed by atoms with E-state index in [1.807, 2.05) is 69.3 Å². The Labute approximate surface area is 202 Å². The van der Waals surface area contributed by atoms with Crippen molar-refractivity contribution in [1.82, 2.24) is 4.98 Å². The third-order valence-electron chi connectivity index (χ3n) is 6.28. The van der Waals surface area contributed by atoms with Crippen molar-refractivity contribution in [3.63, 3.8) is 0 Å². The van der Waals surface area contributed by atoms with E-state index in [1.165, 1.54) is 10.9 Å². The molecule has 1 N–H and O–H groups in total. The predicted octanol–water partition coefficient (Wildman–Crippen LogP) is 7.88. The van der Waals surface area contributed by atoms with Crippen LogP contribution in [0.2, 0.25) is 0 Å². The number of carboxylic acids is 1. The fourth-order valence-corrected chi connectivity index (χ4v) is 5.51. The molecule has 0 saturated heterocycles. The molecule has 170 valence electrons. The number of fused-ring (bicyclic) bond motifs is 2. The summed E-state index contributed by atoms with van der Waals surface area (Å²) in [5.74, 6) is -0.468. The first-order chi connectivity index (χ1) is 16.3. The lowest BCUT2D eigenvalue weighted by atomic mass is 10.0. The van der Waals surface area contributed by atoms with Crippen molar-refractivity contribution in [2.45, 2.75) is 33.8 Å². The largest absolute Gasteiger partial charge is 0.485 e. The number of aromatic nitrogens is 1. The van der Waals surface area contributed by atoms with E-state index in [-0.39, 0.29) is 11.7 Å². The van der Waals surface area contributed by atoms with Crippen LogP contribution < -0.4 is 4.74 Å². The first-order valence-corrected chi connectivity index (χ1v) is 12.0. The molecule has 5 heteroatoms. The number of carbonyl (C=O) groups is 1. The van der Waals surface area contributed by atoms with Crippen molar-refractivity contribution in [1.29, 1.82) is 0 Å². The molecule has 0 amide bonds. The highest BCUT2D eigenvalue weighted by Crippen LogP contribution is 2.40. The summed E-state index contributed by atoms with van der Waals surface area (Å²) in [7, 11) is 0. The van der Waals surface area contributed by atoms with Gasteiger partial charge in [-0.25, -0.2) is 9.78 Å². The zero-order chi connectivity index (χ0) is 24.0. The molecule has 0 spiro atoms. The number of hydrogen-bond donors (Lipinski definition) is 1. The Morgan fingerprint density at radius 2 is 1.74 bits per heavy atom. The second-order valence-corrected chi connectivity index (χ2v) is 9.74. The highest BCUT2D eigenvalue weighted by molar-refractivity contribution is 7.22. The average Bonchev–Trinajstić information content (AvgIpc) is 3.17. The van der Waals surface area contributed by atoms with E-state index < -0.39 is 5.97 Å². The molecule has 5 aromatic rings. The van der Waals surface area contributed by atoms with Crippen molar-refractivity contribution >= 4 is 38.3 Å². The molecule has 34 heavy (non-hydrogen) atoms. The molecule has 0 radical (unpaired) electrons. The summed E-state index contributed by atoms with van der Waals surface area (Å²) in [6.45, 7) is 8.04. The van der Waals surface area contributed by atoms with Gasteiger partial charge in [0.1, 0.15) is 11.9 Å². The van der Waals surface area contributed by atoms with Gasteiger partial charge in [-0.2, -0.15) is 0 Å². The third kappa shape index (κ3) is 3.82. The Hall–Kier alpha value is -3.70. The molecule has 2 aromatic heterocycles. The molecule has 0 unspecified atom stereocenters.